The Morgan fingerprint density at radius 3 is 2.41 bits per heavy atom. The number of methoxy groups -OCH3 is 1. The maximum absolute atomic E-state index is 12.3. The number of aromatic nitrogens is 1. The van der Waals surface area contributed by atoms with Crippen LogP contribution in [0.2, 0.25) is 0 Å². The monoisotopic (exact) mass is 361 g/mol. The predicted molar refractivity (Wildman–Crippen MR) is 109 cm³/mol. The second-order valence-electron chi connectivity index (χ2n) is 7.30. The molecule has 0 amide bonds. The standard InChI is InChI=1S/C23H23NO3/c1-23(2,3)22(25)27-20-14-11-17(19-6-5-15-24-21(19)20)10-7-16-8-12-18(26-4)13-9-16/h5-15H,1-4H3/b10-7+. The number of carbonyl (C=O) groups is 1. The molecule has 4 nitrogen and oxygen atoms in total. The van der Waals surface area contributed by atoms with Crippen LogP contribution in [0.25, 0.3) is 23.1 Å². The zero-order chi connectivity index (χ0) is 19.4. The van der Waals surface area contributed by atoms with Crippen LogP contribution in [0.4, 0.5) is 0 Å². The highest BCUT2D eigenvalue weighted by Gasteiger charge is 2.24. The lowest BCUT2D eigenvalue weighted by atomic mass is 9.97. The zero-order valence-corrected chi connectivity index (χ0v) is 16.0. The van der Waals surface area contributed by atoms with E-state index in [9.17, 15) is 4.79 Å². The van der Waals surface area contributed by atoms with Gasteiger partial charge in [0.25, 0.3) is 0 Å². The third-order valence-corrected chi connectivity index (χ3v) is 4.15. The summed E-state index contributed by atoms with van der Waals surface area (Å²) in [5.41, 5.74) is 2.17. The first kappa shape index (κ1) is 18.6. The fourth-order valence-electron chi connectivity index (χ4n) is 2.55. The van der Waals surface area contributed by atoms with E-state index in [1.807, 2.05) is 75.4 Å². The topological polar surface area (TPSA) is 48.4 Å². The summed E-state index contributed by atoms with van der Waals surface area (Å²) < 4.78 is 10.8. The fraction of sp³-hybridized carbons (Fsp3) is 0.217. The summed E-state index contributed by atoms with van der Waals surface area (Å²) in [6.07, 6.45) is 5.76. The van der Waals surface area contributed by atoms with E-state index in [1.165, 1.54) is 0 Å². The van der Waals surface area contributed by atoms with Crippen molar-refractivity contribution in [2.45, 2.75) is 20.8 Å². The minimum absolute atomic E-state index is 0.282. The number of benzene rings is 2. The van der Waals surface area contributed by atoms with Gasteiger partial charge in [0.15, 0.2) is 5.75 Å². The van der Waals surface area contributed by atoms with E-state index >= 15 is 0 Å². The molecular formula is C23H23NO3. The molecule has 0 atom stereocenters. The van der Waals surface area contributed by atoms with Crippen molar-refractivity contribution in [2.75, 3.05) is 7.11 Å². The second kappa shape index (κ2) is 7.62. The molecule has 27 heavy (non-hydrogen) atoms. The Hall–Kier alpha value is -3.14. The van der Waals surface area contributed by atoms with Crippen LogP contribution in [0.1, 0.15) is 31.9 Å². The lowest BCUT2D eigenvalue weighted by molar-refractivity contribution is -0.142. The smallest absolute Gasteiger partial charge is 0.316 e. The van der Waals surface area contributed by atoms with E-state index in [0.717, 1.165) is 22.3 Å². The molecule has 3 aromatic rings. The largest absolute Gasteiger partial charge is 0.497 e. The average Bonchev–Trinajstić information content (AvgIpc) is 2.67. The highest BCUT2D eigenvalue weighted by molar-refractivity contribution is 5.95. The van der Waals surface area contributed by atoms with Gasteiger partial charge in [-0.3, -0.25) is 9.78 Å². The Kier molecular flexibility index (Phi) is 5.26. The number of hydrogen-bond donors (Lipinski definition) is 0. The van der Waals surface area contributed by atoms with E-state index in [1.54, 1.807) is 19.4 Å². The highest BCUT2D eigenvalue weighted by atomic mass is 16.5. The van der Waals surface area contributed by atoms with Crippen LogP contribution in [0.3, 0.4) is 0 Å². The molecule has 0 aliphatic rings. The molecule has 0 saturated carbocycles. The number of ether oxygens (including phenoxy) is 2. The molecule has 0 unspecified atom stereocenters. The molecule has 0 N–H and O–H groups in total. The summed E-state index contributed by atoms with van der Waals surface area (Å²) in [6, 6.07) is 15.4. The van der Waals surface area contributed by atoms with Crippen LogP contribution in [-0.2, 0) is 4.79 Å². The van der Waals surface area contributed by atoms with Crippen LogP contribution >= 0.6 is 0 Å². The van der Waals surface area contributed by atoms with E-state index in [4.69, 9.17) is 9.47 Å². The van der Waals surface area contributed by atoms with Crippen molar-refractivity contribution in [2.24, 2.45) is 5.41 Å². The molecule has 0 fully saturated rings. The van der Waals surface area contributed by atoms with Gasteiger partial charge < -0.3 is 9.47 Å². The summed E-state index contributed by atoms with van der Waals surface area (Å²) in [7, 11) is 1.65. The number of rotatable bonds is 4. The maximum Gasteiger partial charge on any atom is 0.316 e. The van der Waals surface area contributed by atoms with E-state index in [2.05, 4.69) is 4.98 Å². The second-order valence-corrected chi connectivity index (χ2v) is 7.30. The van der Waals surface area contributed by atoms with Crippen molar-refractivity contribution in [1.29, 1.82) is 0 Å². The third-order valence-electron chi connectivity index (χ3n) is 4.15. The Labute approximate surface area is 159 Å². The first-order chi connectivity index (χ1) is 12.9. The fourth-order valence-corrected chi connectivity index (χ4v) is 2.55. The van der Waals surface area contributed by atoms with Crippen molar-refractivity contribution < 1.29 is 14.3 Å². The van der Waals surface area contributed by atoms with Gasteiger partial charge in [-0.15, -0.1) is 0 Å². The molecule has 0 radical (unpaired) electrons. The Balaban J connectivity index is 1.94. The van der Waals surface area contributed by atoms with Gasteiger partial charge in [0.1, 0.15) is 11.3 Å². The number of esters is 1. The predicted octanol–water partition coefficient (Wildman–Crippen LogP) is 5.37. The highest BCUT2D eigenvalue weighted by Crippen LogP contribution is 2.30. The minimum Gasteiger partial charge on any atom is -0.497 e. The number of pyridine rings is 1. The summed E-state index contributed by atoms with van der Waals surface area (Å²) >= 11 is 0. The van der Waals surface area contributed by atoms with Gasteiger partial charge in [-0.25, -0.2) is 0 Å². The Morgan fingerprint density at radius 1 is 1.00 bits per heavy atom. The van der Waals surface area contributed by atoms with Gasteiger partial charge in [0.05, 0.1) is 12.5 Å². The van der Waals surface area contributed by atoms with E-state index in [-0.39, 0.29) is 5.97 Å². The van der Waals surface area contributed by atoms with Gasteiger partial charge >= 0.3 is 5.97 Å². The van der Waals surface area contributed by atoms with Crippen molar-refractivity contribution in [3.63, 3.8) is 0 Å². The van der Waals surface area contributed by atoms with Crippen molar-refractivity contribution in [3.05, 3.63) is 65.9 Å². The first-order valence-electron chi connectivity index (χ1n) is 8.80. The summed E-state index contributed by atoms with van der Waals surface area (Å²) in [6.45, 7) is 5.49. The molecule has 138 valence electrons. The normalized spacial score (nSPS) is 11.7. The van der Waals surface area contributed by atoms with Crippen molar-refractivity contribution in [1.82, 2.24) is 4.98 Å². The molecular weight excluding hydrogens is 338 g/mol. The van der Waals surface area contributed by atoms with Gasteiger partial charge in [-0.2, -0.15) is 0 Å². The SMILES string of the molecule is COc1ccc(/C=C/c2ccc(OC(=O)C(C)(C)C)c3ncccc23)cc1. The molecule has 0 spiro atoms. The van der Waals surface area contributed by atoms with Gasteiger partial charge in [-0.05, 0) is 56.2 Å². The number of fused-ring (bicyclic) bond motifs is 1. The minimum atomic E-state index is -0.575. The van der Waals surface area contributed by atoms with Gasteiger partial charge in [0, 0.05) is 11.6 Å². The average molecular weight is 361 g/mol. The van der Waals surface area contributed by atoms with Crippen LogP contribution in [0, 0.1) is 5.41 Å². The molecule has 0 bridgehead atoms. The van der Waals surface area contributed by atoms with Gasteiger partial charge in [0.2, 0.25) is 0 Å². The maximum atomic E-state index is 12.3. The quantitative estimate of drug-likeness (QED) is 0.356. The molecule has 0 aliphatic carbocycles. The number of hydrogen-bond acceptors (Lipinski definition) is 4. The third kappa shape index (κ3) is 4.34. The van der Waals surface area contributed by atoms with Crippen LogP contribution < -0.4 is 9.47 Å². The van der Waals surface area contributed by atoms with Crippen LogP contribution in [0.5, 0.6) is 11.5 Å². The van der Waals surface area contributed by atoms with E-state index in [0.29, 0.717) is 11.3 Å². The Bertz CT molecular complexity index is 983. The molecule has 1 aromatic heterocycles. The van der Waals surface area contributed by atoms with Crippen molar-refractivity contribution in [3.8, 4) is 11.5 Å². The summed E-state index contributed by atoms with van der Waals surface area (Å²) in [4.78, 5) is 16.7. The molecule has 0 aliphatic heterocycles. The molecule has 4 heteroatoms. The molecule has 3 rings (SSSR count). The lowest BCUT2D eigenvalue weighted by Gasteiger charge is -2.17. The summed E-state index contributed by atoms with van der Waals surface area (Å²) in [5.74, 6) is 1.02. The summed E-state index contributed by atoms with van der Waals surface area (Å²) in [5, 5.41) is 0.932. The van der Waals surface area contributed by atoms with Crippen LogP contribution in [0.15, 0.2) is 54.7 Å². The van der Waals surface area contributed by atoms with Crippen LogP contribution in [-0.4, -0.2) is 18.1 Å². The van der Waals surface area contributed by atoms with Crippen molar-refractivity contribution >= 4 is 29.0 Å². The first-order valence-corrected chi connectivity index (χ1v) is 8.80. The lowest BCUT2D eigenvalue weighted by Crippen LogP contribution is -2.25. The zero-order valence-electron chi connectivity index (χ0n) is 16.0. The Morgan fingerprint density at radius 2 is 1.74 bits per heavy atom. The van der Waals surface area contributed by atoms with Gasteiger partial charge in [-0.1, -0.05) is 36.4 Å². The molecule has 1 heterocycles. The van der Waals surface area contributed by atoms with E-state index < -0.39 is 5.41 Å². The number of nitrogens with zero attached hydrogens (tertiary/aromatic N) is 1. The molecule has 2 aromatic carbocycles. The number of carbonyl (C=O) groups excluding carboxylic acids is 1. The molecule has 0 saturated heterocycles.